The van der Waals surface area contributed by atoms with Gasteiger partial charge in [0.15, 0.2) is 0 Å². The molecule has 0 atom stereocenters. The molecule has 2 rings (SSSR count). The fourth-order valence-corrected chi connectivity index (χ4v) is 2.78. The summed E-state index contributed by atoms with van der Waals surface area (Å²) in [5.41, 5.74) is -0.0288. The van der Waals surface area contributed by atoms with Crippen LogP contribution in [0.1, 0.15) is 28.8 Å². The number of methoxy groups -OCH3 is 1. The van der Waals surface area contributed by atoms with Gasteiger partial charge in [-0.3, -0.25) is 14.9 Å². The summed E-state index contributed by atoms with van der Waals surface area (Å²) in [5, 5.41) is 22.8. The number of hydrogen-bond donors (Lipinski definition) is 2. The summed E-state index contributed by atoms with van der Waals surface area (Å²) >= 11 is 0. The summed E-state index contributed by atoms with van der Waals surface area (Å²) in [6.07, 6.45) is 0.675. The van der Waals surface area contributed by atoms with Gasteiger partial charge in [-0.25, -0.2) is 9.59 Å². The van der Waals surface area contributed by atoms with Gasteiger partial charge in [0.1, 0.15) is 0 Å². The van der Waals surface area contributed by atoms with Crippen molar-refractivity contribution in [2.45, 2.75) is 19.8 Å². The zero-order valence-electron chi connectivity index (χ0n) is 14.4. The van der Waals surface area contributed by atoms with Crippen molar-refractivity contribution in [3.05, 3.63) is 33.4 Å². The van der Waals surface area contributed by atoms with Gasteiger partial charge in [0, 0.05) is 19.2 Å². The quantitative estimate of drug-likeness (QED) is 0.472. The molecule has 0 aliphatic carbocycles. The van der Waals surface area contributed by atoms with Crippen LogP contribution in [0.25, 0.3) is 0 Å². The molecule has 0 unspecified atom stereocenters. The number of urea groups is 1. The lowest BCUT2D eigenvalue weighted by Crippen LogP contribution is -2.42. The van der Waals surface area contributed by atoms with Crippen molar-refractivity contribution in [2.75, 3.05) is 25.5 Å². The van der Waals surface area contributed by atoms with E-state index in [9.17, 15) is 24.5 Å². The molecule has 0 bridgehead atoms. The van der Waals surface area contributed by atoms with E-state index in [0.717, 1.165) is 13.2 Å². The SMILES string of the molecule is COC(=O)c1cc(NC(=O)N2CCC(C(=O)O)CC2)c(C)c([N+](=O)[O-])c1. The Morgan fingerprint density at radius 3 is 2.42 bits per heavy atom. The number of esters is 1. The van der Waals surface area contributed by atoms with Gasteiger partial charge in [-0.2, -0.15) is 0 Å². The molecule has 1 heterocycles. The van der Waals surface area contributed by atoms with E-state index in [1.807, 2.05) is 0 Å². The number of piperidine rings is 1. The summed E-state index contributed by atoms with van der Waals surface area (Å²) in [4.78, 5) is 47.1. The molecule has 0 aromatic heterocycles. The van der Waals surface area contributed by atoms with Crippen molar-refractivity contribution >= 4 is 29.3 Å². The zero-order chi connectivity index (χ0) is 19.4. The largest absolute Gasteiger partial charge is 0.481 e. The Balaban J connectivity index is 2.21. The standard InChI is InChI=1S/C16H19N3O7/c1-9-12(7-11(15(22)26-2)8-13(9)19(24)25)17-16(23)18-5-3-10(4-6-18)14(20)21/h7-8,10H,3-6H2,1-2H3,(H,17,23)(H,20,21). The second kappa shape index (κ2) is 7.81. The van der Waals surface area contributed by atoms with Gasteiger partial charge in [-0.1, -0.05) is 0 Å². The topological polar surface area (TPSA) is 139 Å². The lowest BCUT2D eigenvalue weighted by atomic mass is 9.97. The first-order chi connectivity index (χ1) is 12.2. The van der Waals surface area contributed by atoms with E-state index in [1.165, 1.54) is 17.9 Å². The molecule has 26 heavy (non-hydrogen) atoms. The van der Waals surface area contributed by atoms with Gasteiger partial charge < -0.3 is 20.1 Å². The lowest BCUT2D eigenvalue weighted by molar-refractivity contribution is -0.385. The number of carbonyl (C=O) groups excluding carboxylic acids is 2. The summed E-state index contributed by atoms with van der Waals surface area (Å²) in [6.45, 7) is 1.99. The Hall–Kier alpha value is -3.17. The number of anilines is 1. The molecule has 1 aromatic rings. The molecule has 0 radical (unpaired) electrons. The molecule has 10 heteroatoms. The third-order valence-corrected chi connectivity index (χ3v) is 4.37. The Morgan fingerprint density at radius 1 is 1.31 bits per heavy atom. The number of amides is 2. The average molecular weight is 365 g/mol. The van der Waals surface area contributed by atoms with Crippen molar-refractivity contribution in [2.24, 2.45) is 5.92 Å². The minimum absolute atomic E-state index is 0.0512. The van der Waals surface area contributed by atoms with E-state index in [2.05, 4.69) is 10.1 Å². The number of hydrogen-bond acceptors (Lipinski definition) is 6. The van der Waals surface area contributed by atoms with Crippen LogP contribution in [-0.4, -0.2) is 53.1 Å². The van der Waals surface area contributed by atoms with Gasteiger partial charge in [0.2, 0.25) is 0 Å². The number of nitrogens with one attached hydrogen (secondary N) is 1. The van der Waals surface area contributed by atoms with Crippen molar-refractivity contribution in [1.82, 2.24) is 4.90 Å². The summed E-state index contributed by atoms with van der Waals surface area (Å²) < 4.78 is 4.58. The predicted molar refractivity (Wildman–Crippen MR) is 90.1 cm³/mol. The molecule has 0 saturated carbocycles. The maximum Gasteiger partial charge on any atom is 0.338 e. The number of nitro groups is 1. The van der Waals surface area contributed by atoms with Crippen LogP contribution in [0.15, 0.2) is 12.1 Å². The third-order valence-electron chi connectivity index (χ3n) is 4.37. The first-order valence-corrected chi connectivity index (χ1v) is 7.90. The zero-order valence-corrected chi connectivity index (χ0v) is 14.4. The highest BCUT2D eigenvalue weighted by Gasteiger charge is 2.28. The molecule has 1 saturated heterocycles. The number of likely N-dealkylation sites (tertiary alicyclic amines) is 1. The number of nitrogens with zero attached hydrogens (tertiary/aromatic N) is 2. The second-order valence-electron chi connectivity index (χ2n) is 5.95. The summed E-state index contributed by atoms with van der Waals surface area (Å²) in [7, 11) is 1.15. The number of carboxylic acid groups (broad SMARTS) is 1. The maximum atomic E-state index is 12.4. The van der Waals surface area contributed by atoms with E-state index >= 15 is 0 Å². The van der Waals surface area contributed by atoms with Crippen LogP contribution in [0, 0.1) is 23.0 Å². The van der Waals surface area contributed by atoms with E-state index in [0.29, 0.717) is 12.8 Å². The van der Waals surface area contributed by atoms with Crippen molar-refractivity contribution in [3.63, 3.8) is 0 Å². The number of ether oxygens (including phenoxy) is 1. The molecule has 10 nitrogen and oxygen atoms in total. The molecule has 1 aliphatic heterocycles. The minimum atomic E-state index is -0.887. The Labute approximate surface area is 148 Å². The third kappa shape index (κ3) is 4.08. The predicted octanol–water partition coefficient (Wildman–Crippen LogP) is 2.02. The number of carboxylic acids is 1. The summed E-state index contributed by atoms with van der Waals surface area (Å²) in [6, 6.07) is 1.90. The molecule has 1 fully saturated rings. The second-order valence-corrected chi connectivity index (χ2v) is 5.95. The van der Waals surface area contributed by atoms with Crippen LogP contribution in [0.5, 0.6) is 0 Å². The van der Waals surface area contributed by atoms with Crippen LogP contribution in [0.3, 0.4) is 0 Å². The molecule has 2 amide bonds. The van der Waals surface area contributed by atoms with E-state index in [4.69, 9.17) is 5.11 Å². The van der Waals surface area contributed by atoms with E-state index < -0.39 is 28.8 Å². The van der Waals surface area contributed by atoms with Crippen LogP contribution in [0.4, 0.5) is 16.2 Å². The number of carbonyl (C=O) groups is 3. The highest BCUT2D eigenvalue weighted by Crippen LogP contribution is 2.29. The van der Waals surface area contributed by atoms with E-state index in [-0.39, 0.29) is 35.6 Å². The number of aliphatic carboxylic acids is 1. The Bertz CT molecular complexity index is 754. The van der Waals surface area contributed by atoms with Gasteiger partial charge in [-0.05, 0) is 25.8 Å². The van der Waals surface area contributed by atoms with Crippen molar-refractivity contribution in [3.8, 4) is 0 Å². The average Bonchev–Trinajstić information content (AvgIpc) is 2.62. The molecule has 2 N–H and O–H groups in total. The Kier molecular flexibility index (Phi) is 5.75. The first kappa shape index (κ1) is 19.2. The molecule has 1 aromatic carbocycles. The first-order valence-electron chi connectivity index (χ1n) is 7.90. The van der Waals surface area contributed by atoms with Gasteiger partial charge in [0.05, 0.1) is 34.8 Å². The molecular formula is C16H19N3O7. The van der Waals surface area contributed by atoms with Crippen LogP contribution >= 0.6 is 0 Å². The van der Waals surface area contributed by atoms with E-state index in [1.54, 1.807) is 0 Å². The highest BCUT2D eigenvalue weighted by atomic mass is 16.6. The fraction of sp³-hybridized carbons (Fsp3) is 0.438. The van der Waals surface area contributed by atoms with Crippen molar-refractivity contribution < 1.29 is 29.2 Å². The number of rotatable bonds is 4. The number of benzene rings is 1. The highest BCUT2D eigenvalue weighted by molar-refractivity contribution is 5.96. The van der Waals surface area contributed by atoms with Gasteiger partial charge in [-0.15, -0.1) is 0 Å². The van der Waals surface area contributed by atoms with Crippen LogP contribution in [0.2, 0.25) is 0 Å². The molecule has 1 aliphatic rings. The van der Waals surface area contributed by atoms with Crippen molar-refractivity contribution in [1.29, 1.82) is 0 Å². The normalized spacial score (nSPS) is 14.6. The van der Waals surface area contributed by atoms with Gasteiger partial charge >= 0.3 is 18.0 Å². The fourth-order valence-electron chi connectivity index (χ4n) is 2.78. The smallest absolute Gasteiger partial charge is 0.338 e. The van der Waals surface area contributed by atoms with Crippen LogP contribution < -0.4 is 5.32 Å². The lowest BCUT2D eigenvalue weighted by Gasteiger charge is -2.30. The maximum absolute atomic E-state index is 12.4. The van der Waals surface area contributed by atoms with Crippen LogP contribution in [-0.2, 0) is 9.53 Å². The monoisotopic (exact) mass is 365 g/mol. The minimum Gasteiger partial charge on any atom is -0.481 e. The van der Waals surface area contributed by atoms with Gasteiger partial charge in [0.25, 0.3) is 5.69 Å². The Morgan fingerprint density at radius 2 is 1.92 bits per heavy atom. The number of nitro benzene ring substituents is 1. The molecule has 140 valence electrons. The summed E-state index contributed by atoms with van der Waals surface area (Å²) in [5.74, 6) is -2.13. The molecule has 0 spiro atoms. The molecular weight excluding hydrogens is 346 g/mol.